The Labute approximate surface area is 97.1 Å². The van der Waals surface area contributed by atoms with E-state index in [1.807, 2.05) is 42.5 Å². The summed E-state index contributed by atoms with van der Waals surface area (Å²) in [7, 11) is 0. The third-order valence-corrected chi connectivity index (χ3v) is 2.73. The summed E-state index contributed by atoms with van der Waals surface area (Å²) in [6, 6.07) is 1.81. The summed E-state index contributed by atoms with van der Waals surface area (Å²) in [5.74, 6) is 0. The molecule has 0 atom stereocenters. The number of rotatable bonds is 0. The molecule has 1 aliphatic rings. The molecule has 0 amide bonds. The van der Waals surface area contributed by atoms with Crippen LogP contribution in [-0.2, 0) is 0 Å². The number of hydrogen-bond donors (Lipinski definition) is 1. The van der Waals surface area contributed by atoms with Crippen molar-refractivity contribution < 1.29 is 0 Å². The van der Waals surface area contributed by atoms with E-state index in [4.69, 9.17) is 0 Å². The maximum atomic E-state index is 11.9. The van der Waals surface area contributed by atoms with Crippen LogP contribution in [0.15, 0.2) is 47.6 Å². The molecule has 0 saturated heterocycles. The van der Waals surface area contributed by atoms with E-state index in [1.165, 1.54) is 0 Å². The lowest BCUT2D eigenvalue weighted by atomic mass is 10.1. The molecule has 3 heteroatoms. The summed E-state index contributed by atoms with van der Waals surface area (Å²) < 4.78 is 0. The summed E-state index contributed by atoms with van der Waals surface area (Å²) in [4.78, 5) is 18.9. The molecule has 1 N–H and O–H groups in total. The van der Waals surface area contributed by atoms with Crippen molar-refractivity contribution in [1.82, 2.24) is 9.97 Å². The van der Waals surface area contributed by atoms with Gasteiger partial charge in [0, 0.05) is 17.6 Å². The molecule has 0 spiro atoms. The van der Waals surface area contributed by atoms with Gasteiger partial charge >= 0.3 is 0 Å². The van der Waals surface area contributed by atoms with Gasteiger partial charge in [-0.25, -0.2) is 0 Å². The molecule has 2 heterocycles. The van der Waals surface area contributed by atoms with Crippen LogP contribution in [0.4, 0.5) is 0 Å². The van der Waals surface area contributed by atoms with Crippen LogP contribution in [0.5, 0.6) is 0 Å². The predicted molar refractivity (Wildman–Crippen MR) is 68.8 cm³/mol. The normalized spacial score (nSPS) is 21.2. The van der Waals surface area contributed by atoms with E-state index in [0.717, 1.165) is 16.0 Å². The molecular formula is C14H10N2O. The lowest BCUT2D eigenvalue weighted by Crippen LogP contribution is -2.30. The van der Waals surface area contributed by atoms with E-state index in [1.54, 1.807) is 12.4 Å². The highest BCUT2D eigenvalue weighted by molar-refractivity contribution is 5.79. The molecule has 3 nitrogen and oxygen atoms in total. The van der Waals surface area contributed by atoms with Crippen molar-refractivity contribution in [1.29, 1.82) is 0 Å². The van der Waals surface area contributed by atoms with E-state index in [-0.39, 0.29) is 5.56 Å². The fraction of sp³-hybridized carbons (Fsp3) is 0. The molecule has 82 valence electrons. The topological polar surface area (TPSA) is 45.8 Å². The minimum Gasteiger partial charge on any atom is -0.328 e. The van der Waals surface area contributed by atoms with Crippen LogP contribution in [-0.4, -0.2) is 9.97 Å². The Morgan fingerprint density at radius 1 is 1.06 bits per heavy atom. The number of aromatic nitrogens is 2. The van der Waals surface area contributed by atoms with Gasteiger partial charge in [0.1, 0.15) is 0 Å². The SMILES string of the molecule is O=c1[nH]ccc2ncc3/c(c12)=C\C=C/C=C\C=3. The van der Waals surface area contributed by atoms with Gasteiger partial charge in [-0.2, -0.15) is 0 Å². The molecule has 0 bridgehead atoms. The van der Waals surface area contributed by atoms with E-state index in [0.29, 0.717) is 5.39 Å². The van der Waals surface area contributed by atoms with Crippen LogP contribution in [0.2, 0.25) is 0 Å². The zero-order valence-corrected chi connectivity index (χ0v) is 9.05. The van der Waals surface area contributed by atoms with Crippen LogP contribution in [0.25, 0.3) is 23.1 Å². The highest BCUT2D eigenvalue weighted by Crippen LogP contribution is 1.97. The van der Waals surface area contributed by atoms with Crippen molar-refractivity contribution in [3.8, 4) is 0 Å². The second kappa shape index (κ2) is 3.87. The number of allylic oxidation sites excluding steroid dienone is 4. The van der Waals surface area contributed by atoms with Gasteiger partial charge in [0.05, 0.1) is 10.9 Å². The first-order valence-corrected chi connectivity index (χ1v) is 5.38. The third-order valence-electron chi connectivity index (χ3n) is 2.73. The van der Waals surface area contributed by atoms with Crippen LogP contribution < -0.4 is 16.0 Å². The predicted octanol–water partition coefficient (Wildman–Crippen LogP) is 0.610. The highest BCUT2D eigenvalue weighted by atomic mass is 16.1. The lowest BCUT2D eigenvalue weighted by Gasteiger charge is -1.98. The molecule has 2 aromatic rings. The second-order valence-corrected chi connectivity index (χ2v) is 3.80. The number of hydrogen-bond acceptors (Lipinski definition) is 2. The standard InChI is InChI=1S/C14H10N2O/c17-14-13-11-6-4-2-1-3-5-10(11)9-16-12(13)7-8-15-14/h1-9H,(H,15,17)/b2-1?,3-1-,4-2-,5-3?,6-4?,10-5-,11-6+. The summed E-state index contributed by atoms with van der Waals surface area (Å²) >= 11 is 0. The summed E-state index contributed by atoms with van der Waals surface area (Å²) in [6.07, 6.45) is 15.0. The van der Waals surface area contributed by atoms with Gasteiger partial charge in [-0.05, 0) is 11.3 Å². The molecule has 0 aromatic carbocycles. The number of H-pyrrole nitrogens is 1. The molecule has 0 aliphatic heterocycles. The Balaban J connectivity index is 2.64. The average molecular weight is 222 g/mol. The lowest BCUT2D eigenvalue weighted by molar-refractivity contribution is 1.24. The molecule has 3 rings (SSSR count). The van der Waals surface area contributed by atoms with E-state index >= 15 is 0 Å². The molecule has 1 aliphatic carbocycles. The second-order valence-electron chi connectivity index (χ2n) is 3.80. The van der Waals surface area contributed by atoms with Gasteiger partial charge in [0.2, 0.25) is 0 Å². The molecule has 0 saturated carbocycles. The fourth-order valence-corrected chi connectivity index (χ4v) is 1.94. The van der Waals surface area contributed by atoms with Gasteiger partial charge in [-0.1, -0.05) is 36.5 Å². The van der Waals surface area contributed by atoms with E-state index in [2.05, 4.69) is 9.97 Å². The van der Waals surface area contributed by atoms with Crippen molar-refractivity contribution in [3.05, 3.63) is 63.6 Å². The number of nitrogens with one attached hydrogen (secondary N) is 1. The van der Waals surface area contributed by atoms with E-state index in [9.17, 15) is 4.79 Å². The first-order chi connectivity index (χ1) is 8.36. The zero-order chi connectivity index (χ0) is 11.7. The number of aromatic amines is 1. The molecule has 0 unspecified atom stereocenters. The first kappa shape index (κ1) is 9.78. The highest BCUT2D eigenvalue weighted by Gasteiger charge is 2.01. The fourth-order valence-electron chi connectivity index (χ4n) is 1.94. The van der Waals surface area contributed by atoms with E-state index < -0.39 is 0 Å². The summed E-state index contributed by atoms with van der Waals surface area (Å²) in [6.45, 7) is 0. The van der Waals surface area contributed by atoms with Crippen molar-refractivity contribution >= 4 is 23.1 Å². The molecular weight excluding hydrogens is 212 g/mol. The largest absolute Gasteiger partial charge is 0.328 e. The maximum Gasteiger partial charge on any atom is 0.258 e. The van der Waals surface area contributed by atoms with Gasteiger partial charge in [-0.15, -0.1) is 0 Å². The first-order valence-electron chi connectivity index (χ1n) is 5.38. The maximum absolute atomic E-state index is 11.9. The Kier molecular flexibility index (Phi) is 2.22. The molecule has 0 fully saturated rings. The van der Waals surface area contributed by atoms with Crippen LogP contribution in [0.1, 0.15) is 0 Å². The van der Waals surface area contributed by atoms with Gasteiger partial charge in [0.15, 0.2) is 0 Å². The third kappa shape index (κ3) is 1.61. The number of nitrogens with zero attached hydrogens (tertiary/aromatic N) is 1. The molecule has 17 heavy (non-hydrogen) atoms. The summed E-state index contributed by atoms with van der Waals surface area (Å²) in [5, 5.41) is 2.51. The average Bonchev–Trinajstić information content (AvgIpc) is 2.30. The zero-order valence-electron chi connectivity index (χ0n) is 9.05. The Bertz CT molecular complexity index is 810. The van der Waals surface area contributed by atoms with Gasteiger partial charge in [-0.3, -0.25) is 9.78 Å². The van der Waals surface area contributed by atoms with Gasteiger partial charge < -0.3 is 4.98 Å². The smallest absolute Gasteiger partial charge is 0.258 e. The molecule has 2 aromatic heterocycles. The monoisotopic (exact) mass is 222 g/mol. The Hall–Kier alpha value is -2.42. The van der Waals surface area contributed by atoms with Gasteiger partial charge in [0.25, 0.3) is 5.56 Å². The molecule has 0 radical (unpaired) electrons. The van der Waals surface area contributed by atoms with Crippen molar-refractivity contribution in [2.45, 2.75) is 0 Å². The van der Waals surface area contributed by atoms with Crippen molar-refractivity contribution in [3.63, 3.8) is 0 Å². The van der Waals surface area contributed by atoms with Crippen molar-refractivity contribution in [2.75, 3.05) is 0 Å². The number of pyridine rings is 2. The van der Waals surface area contributed by atoms with Crippen molar-refractivity contribution in [2.24, 2.45) is 0 Å². The van der Waals surface area contributed by atoms with Crippen LogP contribution in [0.3, 0.4) is 0 Å². The quantitative estimate of drug-likeness (QED) is 0.710. The van der Waals surface area contributed by atoms with Crippen LogP contribution >= 0.6 is 0 Å². The Morgan fingerprint density at radius 3 is 2.76 bits per heavy atom. The summed E-state index contributed by atoms with van der Waals surface area (Å²) in [5.41, 5.74) is 0.615. The minimum absolute atomic E-state index is 0.102. The number of fused-ring (bicyclic) bond motifs is 3. The Morgan fingerprint density at radius 2 is 1.88 bits per heavy atom. The van der Waals surface area contributed by atoms with Crippen LogP contribution in [0, 0.1) is 0 Å². The minimum atomic E-state index is -0.102.